The molecule has 2 N–H and O–H groups in total. The Morgan fingerprint density at radius 2 is 2.25 bits per heavy atom. The smallest absolute Gasteiger partial charge is 0.245 e. The Bertz CT molecular complexity index is 670. The topological polar surface area (TPSA) is 64.2 Å². The van der Waals surface area contributed by atoms with E-state index >= 15 is 0 Å². The molecule has 1 unspecified atom stereocenters. The molecule has 0 radical (unpaired) electrons. The SMILES string of the molecule is CCN(C)C(=O)C(C)n1c(N)nc2cc(F)c(Cl)cc21. The standard InChI is InChI=1S/C13H16ClFN4O/c1-4-18(3)12(20)7(2)19-11-5-8(14)9(15)6-10(11)17-13(19)16/h5-7H,4H2,1-3H3,(H2,16,17). The van der Waals surface area contributed by atoms with E-state index in [1.54, 1.807) is 23.4 Å². The maximum atomic E-state index is 13.4. The van der Waals surface area contributed by atoms with E-state index in [4.69, 9.17) is 17.3 Å². The highest BCUT2D eigenvalue weighted by Gasteiger charge is 2.23. The molecule has 20 heavy (non-hydrogen) atoms. The molecule has 0 aliphatic heterocycles. The first-order chi connectivity index (χ1) is 9.36. The van der Waals surface area contributed by atoms with Crippen molar-refractivity contribution in [1.29, 1.82) is 0 Å². The number of halogens is 2. The molecule has 0 aliphatic carbocycles. The first kappa shape index (κ1) is 14.6. The summed E-state index contributed by atoms with van der Waals surface area (Å²) in [4.78, 5) is 17.9. The second kappa shape index (κ2) is 5.28. The largest absolute Gasteiger partial charge is 0.369 e. The minimum atomic E-state index is -0.562. The van der Waals surface area contributed by atoms with Gasteiger partial charge in [0.05, 0.1) is 16.1 Å². The Morgan fingerprint density at radius 1 is 1.60 bits per heavy atom. The van der Waals surface area contributed by atoms with E-state index in [-0.39, 0.29) is 16.9 Å². The molecule has 1 heterocycles. The van der Waals surface area contributed by atoms with Gasteiger partial charge in [-0.05, 0) is 19.9 Å². The highest BCUT2D eigenvalue weighted by atomic mass is 35.5. The van der Waals surface area contributed by atoms with Crippen LogP contribution in [-0.4, -0.2) is 34.0 Å². The van der Waals surface area contributed by atoms with Crippen molar-refractivity contribution in [1.82, 2.24) is 14.5 Å². The molecule has 0 saturated heterocycles. The third-order valence-electron chi connectivity index (χ3n) is 3.35. The predicted molar refractivity (Wildman–Crippen MR) is 77.1 cm³/mol. The molecule has 0 aliphatic rings. The lowest BCUT2D eigenvalue weighted by molar-refractivity contribution is -0.132. The summed E-state index contributed by atoms with van der Waals surface area (Å²) in [6.45, 7) is 4.20. The first-order valence-electron chi connectivity index (χ1n) is 6.24. The van der Waals surface area contributed by atoms with Crippen LogP contribution in [0.5, 0.6) is 0 Å². The second-order valence-corrected chi connectivity index (χ2v) is 5.03. The van der Waals surface area contributed by atoms with Gasteiger partial charge in [-0.3, -0.25) is 9.36 Å². The number of carbonyl (C=O) groups is 1. The number of hydrogen-bond acceptors (Lipinski definition) is 3. The van der Waals surface area contributed by atoms with Gasteiger partial charge in [-0.2, -0.15) is 0 Å². The maximum absolute atomic E-state index is 13.4. The Hall–Kier alpha value is -1.82. The number of nitrogens with two attached hydrogens (primary N) is 1. The quantitative estimate of drug-likeness (QED) is 0.946. The number of imidazole rings is 1. The number of aromatic nitrogens is 2. The number of fused-ring (bicyclic) bond motifs is 1. The summed E-state index contributed by atoms with van der Waals surface area (Å²) in [7, 11) is 1.71. The van der Waals surface area contributed by atoms with Crippen LogP contribution < -0.4 is 5.73 Å². The molecule has 0 bridgehead atoms. The van der Waals surface area contributed by atoms with Crippen molar-refractivity contribution >= 4 is 34.5 Å². The molecule has 108 valence electrons. The van der Waals surface area contributed by atoms with Crippen LogP contribution in [0.25, 0.3) is 11.0 Å². The van der Waals surface area contributed by atoms with Crippen LogP contribution in [0.15, 0.2) is 12.1 Å². The van der Waals surface area contributed by atoms with Crippen molar-refractivity contribution in [2.45, 2.75) is 19.9 Å². The molecule has 0 fully saturated rings. The van der Waals surface area contributed by atoms with Gasteiger partial charge in [0.25, 0.3) is 0 Å². The van der Waals surface area contributed by atoms with Crippen molar-refractivity contribution in [2.24, 2.45) is 0 Å². The molecular weight excluding hydrogens is 283 g/mol. The number of benzene rings is 1. The Balaban J connectivity index is 2.56. The molecule has 5 nitrogen and oxygen atoms in total. The van der Waals surface area contributed by atoms with E-state index in [2.05, 4.69) is 4.98 Å². The van der Waals surface area contributed by atoms with Gasteiger partial charge >= 0.3 is 0 Å². The monoisotopic (exact) mass is 298 g/mol. The molecule has 0 saturated carbocycles. The van der Waals surface area contributed by atoms with Gasteiger partial charge in [-0.15, -0.1) is 0 Å². The Labute approximate surface area is 121 Å². The predicted octanol–water partition coefficient (Wildman–Crippen LogP) is 2.45. The highest BCUT2D eigenvalue weighted by Crippen LogP contribution is 2.28. The molecule has 0 spiro atoms. The van der Waals surface area contributed by atoms with E-state index in [0.717, 1.165) is 0 Å². The minimum absolute atomic E-state index is 0.0258. The van der Waals surface area contributed by atoms with Crippen LogP contribution in [-0.2, 0) is 4.79 Å². The number of amides is 1. The van der Waals surface area contributed by atoms with E-state index in [0.29, 0.717) is 17.6 Å². The van der Waals surface area contributed by atoms with Crippen LogP contribution in [0.4, 0.5) is 10.3 Å². The summed E-state index contributed by atoms with van der Waals surface area (Å²) in [6.07, 6.45) is 0. The molecule has 1 aromatic heterocycles. The summed E-state index contributed by atoms with van der Waals surface area (Å²) in [5, 5.41) is -0.0258. The van der Waals surface area contributed by atoms with Crippen LogP contribution in [0.1, 0.15) is 19.9 Å². The third-order valence-corrected chi connectivity index (χ3v) is 3.64. The van der Waals surface area contributed by atoms with Crippen LogP contribution >= 0.6 is 11.6 Å². The van der Waals surface area contributed by atoms with Crippen LogP contribution in [0.3, 0.4) is 0 Å². The third kappa shape index (κ3) is 2.31. The summed E-state index contributed by atoms with van der Waals surface area (Å²) in [5.74, 6) is -0.501. The fraction of sp³-hybridized carbons (Fsp3) is 0.385. The van der Waals surface area contributed by atoms with Crippen LogP contribution in [0, 0.1) is 5.82 Å². The van der Waals surface area contributed by atoms with Gasteiger partial charge in [-0.25, -0.2) is 9.37 Å². The fourth-order valence-electron chi connectivity index (χ4n) is 2.10. The van der Waals surface area contributed by atoms with Crippen molar-refractivity contribution in [3.05, 3.63) is 23.0 Å². The van der Waals surface area contributed by atoms with E-state index in [9.17, 15) is 9.18 Å². The molecular formula is C13H16ClFN4O. The first-order valence-corrected chi connectivity index (χ1v) is 6.62. The van der Waals surface area contributed by atoms with Gasteiger partial charge in [-0.1, -0.05) is 11.6 Å². The lowest BCUT2D eigenvalue weighted by Crippen LogP contribution is -2.33. The van der Waals surface area contributed by atoms with E-state index in [1.807, 2.05) is 6.92 Å². The summed E-state index contributed by atoms with van der Waals surface area (Å²) >= 11 is 5.79. The lowest BCUT2D eigenvalue weighted by atomic mass is 10.2. The average Bonchev–Trinajstić information content (AvgIpc) is 2.72. The summed E-state index contributed by atoms with van der Waals surface area (Å²) < 4.78 is 15.0. The summed E-state index contributed by atoms with van der Waals surface area (Å²) in [6, 6.07) is 2.11. The average molecular weight is 299 g/mol. The van der Waals surface area contributed by atoms with Crippen molar-refractivity contribution in [3.63, 3.8) is 0 Å². The molecule has 1 aromatic carbocycles. The van der Waals surface area contributed by atoms with Gasteiger partial charge in [0.15, 0.2) is 0 Å². The number of carbonyl (C=O) groups excluding carboxylic acids is 1. The maximum Gasteiger partial charge on any atom is 0.245 e. The van der Waals surface area contributed by atoms with Crippen LogP contribution in [0.2, 0.25) is 5.02 Å². The van der Waals surface area contributed by atoms with Crippen molar-refractivity contribution < 1.29 is 9.18 Å². The molecule has 7 heteroatoms. The lowest BCUT2D eigenvalue weighted by Gasteiger charge is -2.21. The zero-order chi connectivity index (χ0) is 15.0. The zero-order valence-electron chi connectivity index (χ0n) is 11.5. The van der Waals surface area contributed by atoms with E-state index < -0.39 is 11.9 Å². The number of rotatable bonds is 3. The molecule has 1 amide bonds. The van der Waals surface area contributed by atoms with Gasteiger partial charge in [0.2, 0.25) is 11.9 Å². The molecule has 1 atom stereocenters. The van der Waals surface area contributed by atoms with E-state index in [1.165, 1.54) is 12.1 Å². The van der Waals surface area contributed by atoms with Crippen molar-refractivity contribution in [2.75, 3.05) is 19.3 Å². The number of likely N-dealkylation sites (N-methyl/N-ethyl adjacent to an activating group) is 1. The van der Waals surface area contributed by atoms with Gasteiger partial charge in [0.1, 0.15) is 11.9 Å². The zero-order valence-corrected chi connectivity index (χ0v) is 12.3. The Kier molecular flexibility index (Phi) is 3.85. The molecule has 2 aromatic rings. The van der Waals surface area contributed by atoms with Crippen molar-refractivity contribution in [3.8, 4) is 0 Å². The number of hydrogen-bond donors (Lipinski definition) is 1. The number of nitrogens with zero attached hydrogens (tertiary/aromatic N) is 3. The minimum Gasteiger partial charge on any atom is -0.369 e. The molecule has 2 rings (SSSR count). The Morgan fingerprint density at radius 3 is 2.85 bits per heavy atom. The summed E-state index contributed by atoms with van der Waals surface area (Å²) in [5.41, 5.74) is 6.77. The fourth-order valence-corrected chi connectivity index (χ4v) is 2.26. The second-order valence-electron chi connectivity index (χ2n) is 4.62. The highest BCUT2D eigenvalue weighted by molar-refractivity contribution is 6.31. The normalized spacial score (nSPS) is 12.7. The number of anilines is 1. The number of nitrogen functional groups attached to an aromatic ring is 1. The van der Waals surface area contributed by atoms with Gasteiger partial charge in [0, 0.05) is 19.7 Å². The van der Waals surface area contributed by atoms with Gasteiger partial charge < -0.3 is 10.6 Å².